The Hall–Kier alpha value is -1.84. The number of rotatable bonds is 4. The number of alkyl halides is 3. The van der Waals surface area contributed by atoms with Gasteiger partial charge in [-0.2, -0.15) is 18.4 Å². The van der Waals surface area contributed by atoms with Gasteiger partial charge in [0.05, 0.1) is 0 Å². The van der Waals surface area contributed by atoms with Crippen LogP contribution in [0, 0.1) is 11.3 Å². The number of anilines is 1. The molecule has 0 aliphatic rings. The fourth-order valence-corrected chi connectivity index (χ4v) is 0.995. The van der Waals surface area contributed by atoms with Gasteiger partial charge in [0.15, 0.2) is 0 Å². The molecule has 0 bridgehead atoms. The average molecular weight is 230 g/mol. The maximum absolute atomic E-state index is 11.8. The molecule has 86 valence electrons. The molecule has 1 heterocycles. The maximum Gasteiger partial charge on any atom is 0.389 e. The molecule has 0 unspecified atom stereocenters. The molecule has 0 amide bonds. The summed E-state index contributed by atoms with van der Waals surface area (Å²) in [5.41, 5.74) is 0.174. The van der Waals surface area contributed by atoms with Crippen LogP contribution in [0.3, 0.4) is 0 Å². The van der Waals surface area contributed by atoms with E-state index in [2.05, 4.69) is 15.3 Å². The number of hydrogen-bond acceptors (Lipinski definition) is 4. The Labute approximate surface area is 90.1 Å². The van der Waals surface area contributed by atoms with Crippen molar-refractivity contribution in [2.75, 3.05) is 11.9 Å². The molecular formula is C9H9F3N4. The zero-order valence-corrected chi connectivity index (χ0v) is 8.25. The first kappa shape index (κ1) is 12.2. The highest BCUT2D eigenvalue weighted by Gasteiger charge is 2.25. The largest absolute Gasteiger partial charge is 0.389 e. The summed E-state index contributed by atoms with van der Waals surface area (Å²) < 4.78 is 35.4. The predicted octanol–water partition coefficient (Wildman–Crippen LogP) is 2.10. The summed E-state index contributed by atoms with van der Waals surface area (Å²) in [6.45, 7) is 0.119. The highest BCUT2D eigenvalue weighted by Crippen LogP contribution is 2.20. The lowest BCUT2D eigenvalue weighted by Crippen LogP contribution is -2.12. The van der Waals surface area contributed by atoms with Crippen LogP contribution in [0.25, 0.3) is 0 Å². The molecule has 0 atom stereocenters. The van der Waals surface area contributed by atoms with Gasteiger partial charge in [-0.25, -0.2) is 9.97 Å². The minimum Gasteiger partial charge on any atom is -0.354 e. The molecule has 0 saturated carbocycles. The number of hydrogen-bond donors (Lipinski definition) is 1. The van der Waals surface area contributed by atoms with Crippen molar-refractivity contribution in [3.8, 4) is 6.07 Å². The third kappa shape index (κ3) is 4.59. The van der Waals surface area contributed by atoms with E-state index in [-0.39, 0.29) is 24.6 Å². The van der Waals surface area contributed by atoms with Gasteiger partial charge in [0, 0.05) is 19.2 Å². The number of nitriles is 1. The maximum atomic E-state index is 11.8. The van der Waals surface area contributed by atoms with Crippen LogP contribution >= 0.6 is 0 Å². The topological polar surface area (TPSA) is 61.6 Å². The molecule has 16 heavy (non-hydrogen) atoms. The summed E-state index contributed by atoms with van der Waals surface area (Å²) in [5, 5.41) is 11.1. The van der Waals surface area contributed by atoms with Gasteiger partial charge in [0.2, 0.25) is 5.95 Å². The van der Waals surface area contributed by atoms with Crippen molar-refractivity contribution in [1.29, 1.82) is 5.26 Å². The molecule has 0 aliphatic heterocycles. The molecule has 0 aromatic carbocycles. The van der Waals surface area contributed by atoms with Crippen LogP contribution in [0.1, 0.15) is 18.5 Å². The van der Waals surface area contributed by atoms with E-state index >= 15 is 0 Å². The van der Waals surface area contributed by atoms with E-state index in [1.54, 1.807) is 0 Å². The first-order valence-corrected chi connectivity index (χ1v) is 4.55. The Balaban J connectivity index is 2.35. The van der Waals surface area contributed by atoms with Crippen molar-refractivity contribution < 1.29 is 13.2 Å². The molecule has 0 spiro atoms. The first-order valence-electron chi connectivity index (χ1n) is 4.55. The fraction of sp³-hybridized carbons (Fsp3) is 0.444. The van der Waals surface area contributed by atoms with E-state index in [0.29, 0.717) is 0 Å². The Kier molecular flexibility index (Phi) is 4.05. The molecule has 1 N–H and O–H groups in total. The zero-order chi connectivity index (χ0) is 12.0. The quantitative estimate of drug-likeness (QED) is 0.804. The second-order valence-corrected chi connectivity index (χ2v) is 3.02. The van der Waals surface area contributed by atoms with Gasteiger partial charge in [0.1, 0.15) is 11.8 Å². The van der Waals surface area contributed by atoms with Crippen LogP contribution in [0.15, 0.2) is 12.3 Å². The first-order chi connectivity index (χ1) is 7.51. The van der Waals surface area contributed by atoms with Crippen LogP contribution < -0.4 is 5.32 Å². The molecule has 0 radical (unpaired) electrons. The number of aromatic nitrogens is 2. The second kappa shape index (κ2) is 5.30. The second-order valence-electron chi connectivity index (χ2n) is 3.02. The third-order valence-corrected chi connectivity index (χ3v) is 1.69. The van der Waals surface area contributed by atoms with Crippen LogP contribution in [0.2, 0.25) is 0 Å². The zero-order valence-electron chi connectivity index (χ0n) is 8.25. The Morgan fingerprint density at radius 3 is 2.81 bits per heavy atom. The number of nitrogens with one attached hydrogen (secondary N) is 1. The molecule has 1 aromatic heterocycles. The lowest BCUT2D eigenvalue weighted by atomic mass is 10.3. The minimum atomic E-state index is -4.14. The highest BCUT2D eigenvalue weighted by atomic mass is 19.4. The smallest absolute Gasteiger partial charge is 0.354 e. The average Bonchev–Trinajstić information content (AvgIpc) is 2.23. The summed E-state index contributed by atoms with van der Waals surface area (Å²) >= 11 is 0. The summed E-state index contributed by atoms with van der Waals surface area (Å²) in [6, 6.07) is 3.23. The fourth-order valence-electron chi connectivity index (χ4n) is 0.995. The van der Waals surface area contributed by atoms with Gasteiger partial charge in [-0.15, -0.1) is 0 Å². The van der Waals surface area contributed by atoms with E-state index in [1.165, 1.54) is 12.3 Å². The van der Waals surface area contributed by atoms with E-state index in [9.17, 15) is 13.2 Å². The van der Waals surface area contributed by atoms with Crippen LogP contribution in [-0.2, 0) is 0 Å². The molecule has 0 saturated heterocycles. The molecule has 0 fully saturated rings. The predicted molar refractivity (Wildman–Crippen MR) is 50.5 cm³/mol. The Bertz CT molecular complexity index is 383. The standard InChI is InChI=1S/C9H9F3N4/c10-9(11,12)3-1-4-14-8-15-5-2-7(6-13)16-8/h2,5H,1,3-4H2,(H,14,15,16). The van der Waals surface area contributed by atoms with Crippen LogP contribution in [-0.4, -0.2) is 22.7 Å². The third-order valence-electron chi connectivity index (χ3n) is 1.69. The molecule has 1 aromatic rings. The molecular weight excluding hydrogens is 221 g/mol. The number of nitrogens with zero attached hydrogens (tertiary/aromatic N) is 3. The molecule has 7 heteroatoms. The van der Waals surface area contributed by atoms with E-state index in [1.807, 2.05) is 6.07 Å². The van der Waals surface area contributed by atoms with Gasteiger partial charge in [-0.3, -0.25) is 0 Å². The van der Waals surface area contributed by atoms with Crippen molar-refractivity contribution in [3.05, 3.63) is 18.0 Å². The summed E-state index contributed by atoms with van der Waals surface area (Å²) in [4.78, 5) is 7.53. The highest BCUT2D eigenvalue weighted by molar-refractivity contribution is 5.29. The van der Waals surface area contributed by atoms with Gasteiger partial charge in [-0.05, 0) is 12.5 Å². The van der Waals surface area contributed by atoms with Gasteiger partial charge in [0.25, 0.3) is 0 Å². The molecule has 0 aliphatic carbocycles. The summed E-state index contributed by atoms with van der Waals surface area (Å²) in [6.07, 6.45) is -3.67. The Morgan fingerprint density at radius 2 is 2.19 bits per heavy atom. The van der Waals surface area contributed by atoms with Crippen molar-refractivity contribution in [2.24, 2.45) is 0 Å². The van der Waals surface area contributed by atoms with E-state index in [0.717, 1.165) is 0 Å². The number of halogens is 3. The summed E-state index contributed by atoms with van der Waals surface area (Å²) in [7, 11) is 0. The molecule has 4 nitrogen and oxygen atoms in total. The lowest BCUT2D eigenvalue weighted by Gasteiger charge is -2.06. The van der Waals surface area contributed by atoms with E-state index in [4.69, 9.17) is 5.26 Å². The lowest BCUT2D eigenvalue weighted by molar-refractivity contribution is -0.134. The SMILES string of the molecule is N#Cc1ccnc(NCCCC(F)(F)F)n1. The van der Waals surface area contributed by atoms with Crippen LogP contribution in [0.5, 0.6) is 0 Å². The normalized spacial score (nSPS) is 10.9. The van der Waals surface area contributed by atoms with Gasteiger partial charge in [-0.1, -0.05) is 0 Å². The summed E-state index contributed by atoms with van der Waals surface area (Å²) in [5.74, 6) is 0.168. The molecule has 1 rings (SSSR count). The van der Waals surface area contributed by atoms with Crippen molar-refractivity contribution in [3.63, 3.8) is 0 Å². The van der Waals surface area contributed by atoms with Crippen molar-refractivity contribution >= 4 is 5.95 Å². The van der Waals surface area contributed by atoms with Gasteiger partial charge < -0.3 is 5.32 Å². The van der Waals surface area contributed by atoms with Crippen molar-refractivity contribution in [2.45, 2.75) is 19.0 Å². The van der Waals surface area contributed by atoms with Crippen molar-refractivity contribution in [1.82, 2.24) is 9.97 Å². The Morgan fingerprint density at radius 1 is 1.44 bits per heavy atom. The van der Waals surface area contributed by atoms with E-state index < -0.39 is 12.6 Å². The van der Waals surface area contributed by atoms with Gasteiger partial charge >= 0.3 is 6.18 Å². The monoisotopic (exact) mass is 230 g/mol. The van der Waals surface area contributed by atoms with Crippen LogP contribution in [0.4, 0.5) is 19.1 Å². The minimum absolute atomic E-state index is 0.0519.